The second-order valence-corrected chi connectivity index (χ2v) is 4.58. The molecule has 0 radical (unpaired) electrons. The van der Waals surface area contributed by atoms with Crippen molar-refractivity contribution in [3.8, 4) is 0 Å². The predicted molar refractivity (Wildman–Crippen MR) is 75.1 cm³/mol. The highest BCUT2D eigenvalue weighted by Gasteiger charge is 2.27. The molecule has 1 aromatic carbocycles. The van der Waals surface area contributed by atoms with Gasteiger partial charge in [0.15, 0.2) is 6.29 Å². The molecular weight excluding hydrogens is 260 g/mol. The van der Waals surface area contributed by atoms with E-state index in [4.69, 9.17) is 19.3 Å². The molecule has 0 aliphatic rings. The Kier molecular flexibility index (Phi) is 8.41. The van der Waals surface area contributed by atoms with Crippen molar-refractivity contribution in [3.05, 3.63) is 35.9 Å². The maximum absolute atomic E-state index is 9.80. The number of methoxy groups -OCH3 is 2. The van der Waals surface area contributed by atoms with E-state index in [1.807, 2.05) is 30.3 Å². The van der Waals surface area contributed by atoms with Crippen LogP contribution in [0.1, 0.15) is 12.0 Å². The number of rotatable bonds is 10. The van der Waals surface area contributed by atoms with Crippen LogP contribution in [0.25, 0.3) is 0 Å². The number of aliphatic hydroxyl groups is 2. The van der Waals surface area contributed by atoms with Crippen LogP contribution in [-0.4, -0.2) is 50.0 Å². The van der Waals surface area contributed by atoms with Gasteiger partial charge >= 0.3 is 0 Å². The van der Waals surface area contributed by atoms with E-state index < -0.39 is 12.4 Å². The molecule has 2 N–H and O–H groups in total. The predicted octanol–water partition coefficient (Wildman–Crippen LogP) is 1.18. The molecule has 114 valence electrons. The molecule has 0 bridgehead atoms. The van der Waals surface area contributed by atoms with Gasteiger partial charge in [0.25, 0.3) is 0 Å². The monoisotopic (exact) mass is 284 g/mol. The van der Waals surface area contributed by atoms with E-state index >= 15 is 0 Å². The molecule has 0 amide bonds. The molecular formula is C15H24O5. The molecule has 0 heterocycles. The highest BCUT2D eigenvalue weighted by molar-refractivity contribution is 5.13. The Morgan fingerprint density at radius 2 is 1.75 bits per heavy atom. The molecule has 0 aromatic heterocycles. The van der Waals surface area contributed by atoms with Gasteiger partial charge in [-0.25, -0.2) is 0 Å². The van der Waals surface area contributed by atoms with Gasteiger partial charge in [-0.05, 0) is 12.0 Å². The van der Waals surface area contributed by atoms with Crippen molar-refractivity contribution >= 4 is 0 Å². The van der Waals surface area contributed by atoms with Crippen LogP contribution in [0.5, 0.6) is 0 Å². The molecule has 1 aromatic rings. The van der Waals surface area contributed by atoms with Gasteiger partial charge < -0.3 is 24.4 Å². The molecule has 1 rings (SSSR count). The summed E-state index contributed by atoms with van der Waals surface area (Å²) in [5, 5.41) is 18.9. The number of ether oxygens (including phenoxy) is 3. The zero-order valence-electron chi connectivity index (χ0n) is 12.1. The summed E-state index contributed by atoms with van der Waals surface area (Å²) in [5.74, 6) is -0.328. The molecule has 0 saturated heterocycles. The second-order valence-electron chi connectivity index (χ2n) is 4.58. The Morgan fingerprint density at radius 3 is 2.30 bits per heavy atom. The standard InChI is InChI=1S/C15H24O5/c1-18-15(19-2)13(14(17)10-16)8-9-20-11-12-6-4-3-5-7-12/h3-7,13-17H,8-11H2,1-2H3. The lowest BCUT2D eigenvalue weighted by molar-refractivity contribution is -0.170. The number of hydrogen-bond acceptors (Lipinski definition) is 5. The maximum Gasteiger partial charge on any atom is 0.162 e. The Morgan fingerprint density at radius 1 is 1.10 bits per heavy atom. The molecule has 20 heavy (non-hydrogen) atoms. The lowest BCUT2D eigenvalue weighted by atomic mass is 9.98. The van der Waals surface area contributed by atoms with E-state index in [-0.39, 0.29) is 12.5 Å². The first-order chi connectivity index (χ1) is 9.72. The molecule has 5 nitrogen and oxygen atoms in total. The third kappa shape index (κ3) is 5.56. The van der Waals surface area contributed by atoms with Crippen molar-refractivity contribution in [3.63, 3.8) is 0 Å². The van der Waals surface area contributed by atoms with Crippen LogP contribution >= 0.6 is 0 Å². The molecule has 2 unspecified atom stereocenters. The lowest BCUT2D eigenvalue weighted by Gasteiger charge is -2.27. The molecule has 0 spiro atoms. The highest BCUT2D eigenvalue weighted by Crippen LogP contribution is 2.18. The van der Waals surface area contributed by atoms with Crippen molar-refractivity contribution in [1.29, 1.82) is 0 Å². The minimum atomic E-state index is -0.889. The fourth-order valence-electron chi connectivity index (χ4n) is 2.07. The van der Waals surface area contributed by atoms with Crippen LogP contribution in [0.15, 0.2) is 30.3 Å². The Labute approximate surface area is 120 Å². The molecule has 0 fully saturated rings. The zero-order valence-corrected chi connectivity index (χ0v) is 12.1. The van der Waals surface area contributed by atoms with Crippen LogP contribution in [0.2, 0.25) is 0 Å². The normalized spacial score (nSPS) is 14.4. The van der Waals surface area contributed by atoms with Gasteiger partial charge in [0, 0.05) is 26.7 Å². The lowest BCUT2D eigenvalue weighted by Crippen LogP contribution is -2.37. The fourth-order valence-corrected chi connectivity index (χ4v) is 2.07. The van der Waals surface area contributed by atoms with E-state index in [1.165, 1.54) is 14.2 Å². The van der Waals surface area contributed by atoms with E-state index in [2.05, 4.69) is 0 Å². The first-order valence-corrected chi connectivity index (χ1v) is 6.69. The minimum Gasteiger partial charge on any atom is -0.394 e. The number of benzene rings is 1. The second kappa shape index (κ2) is 9.85. The van der Waals surface area contributed by atoms with Crippen LogP contribution in [0.4, 0.5) is 0 Å². The summed E-state index contributed by atoms with van der Waals surface area (Å²) in [6, 6.07) is 9.87. The SMILES string of the molecule is COC(OC)C(CCOCc1ccccc1)C(O)CO. The van der Waals surface area contributed by atoms with Gasteiger partial charge in [-0.1, -0.05) is 30.3 Å². The topological polar surface area (TPSA) is 68.2 Å². The zero-order chi connectivity index (χ0) is 14.8. The van der Waals surface area contributed by atoms with E-state index in [0.717, 1.165) is 5.56 Å². The maximum atomic E-state index is 9.80. The first-order valence-electron chi connectivity index (χ1n) is 6.69. The summed E-state index contributed by atoms with van der Waals surface area (Å²) in [6.45, 7) is 0.653. The van der Waals surface area contributed by atoms with E-state index in [9.17, 15) is 5.11 Å². The summed E-state index contributed by atoms with van der Waals surface area (Å²) in [5.41, 5.74) is 1.10. The molecule has 0 saturated carbocycles. The van der Waals surface area contributed by atoms with Crippen molar-refractivity contribution in [2.75, 3.05) is 27.4 Å². The van der Waals surface area contributed by atoms with Crippen LogP contribution in [0.3, 0.4) is 0 Å². The molecule has 0 aliphatic carbocycles. The van der Waals surface area contributed by atoms with Gasteiger partial charge in [-0.3, -0.25) is 0 Å². The Hall–Kier alpha value is -0.980. The molecule has 0 aliphatic heterocycles. The van der Waals surface area contributed by atoms with Crippen LogP contribution in [-0.2, 0) is 20.8 Å². The van der Waals surface area contributed by atoms with Gasteiger partial charge in [0.1, 0.15) is 0 Å². The number of aliphatic hydroxyl groups excluding tert-OH is 2. The fraction of sp³-hybridized carbons (Fsp3) is 0.600. The smallest absolute Gasteiger partial charge is 0.162 e. The van der Waals surface area contributed by atoms with Crippen molar-refractivity contribution in [1.82, 2.24) is 0 Å². The molecule has 2 atom stereocenters. The van der Waals surface area contributed by atoms with Gasteiger partial charge in [-0.2, -0.15) is 0 Å². The third-order valence-corrected chi connectivity index (χ3v) is 3.20. The minimum absolute atomic E-state index is 0.327. The third-order valence-electron chi connectivity index (χ3n) is 3.20. The largest absolute Gasteiger partial charge is 0.394 e. The Bertz CT molecular complexity index is 339. The average molecular weight is 284 g/mol. The summed E-state index contributed by atoms with van der Waals surface area (Å²) in [7, 11) is 3.02. The summed E-state index contributed by atoms with van der Waals surface area (Å²) in [4.78, 5) is 0. The van der Waals surface area contributed by atoms with Crippen molar-refractivity contribution in [2.45, 2.75) is 25.4 Å². The Balaban J connectivity index is 2.38. The summed E-state index contributed by atoms with van der Waals surface area (Å²) < 4.78 is 15.9. The number of hydrogen-bond donors (Lipinski definition) is 2. The van der Waals surface area contributed by atoms with Gasteiger partial charge in [-0.15, -0.1) is 0 Å². The van der Waals surface area contributed by atoms with Crippen molar-refractivity contribution in [2.24, 2.45) is 5.92 Å². The van der Waals surface area contributed by atoms with E-state index in [0.29, 0.717) is 19.6 Å². The van der Waals surface area contributed by atoms with Crippen LogP contribution in [0, 0.1) is 5.92 Å². The highest BCUT2D eigenvalue weighted by atomic mass is 16.7. The van der Waals surface area contributed by atoms with Crippen LogP contribution < -0.4 is 0 Å². The summed E-state index contributed by atoms with van der Waals surface area (Å²) >= 11 is 0. The van der Waals surface area contributed by atoms with Crippen molar-refractivity contribution < 1.29 is 24.4 Å². The van der Waals surface area contributed by atoms with E-state index in [1.54, 1.807) is 0 Å². The average Bonchev–Trinajstić information content (AvgIpc) is 2.50. The summed E-state index contributed by atoms with van der Waals surface area (Å²) in [6.07, 6.45) is -0.904. The molecule has 5 heteroatoms. The van der Waals surface area contributed by atoms with Gasteiger partial charge in [0.05, 0.1) is 19.3 Å². The quantitative estimate of drug-likeness (QED) is 0.499. The first kappa shape index (κ1) is 17.1. The van der Waals surface area contributed by atoms with Gasteiger partial charge in [0.2, 0.25) is 0 Å².